The van der Waals surface area contributed by atoms with E-state index < -0.39 is 11.7 Å². The van der Waals surface area contributed by atoms with Gasteiger partial charge in [0.05, 0.1) is 5.56 Å². The second-order valence-corrected chi connectivity index (χ2v) is 4.87. The van der Waals surface area contributed by atoms with E-state index in [2.05, 4.69) is 27.5 Å². The SMILES string of the molecule is CCNC(=NCC#Cc1cccc(C(F)(F)F)c1)NC(C)C. The minimum absolute atomic E-state index is 0.207. The van der Waals surface area contributed by atoms with Crippen LogP contribution in [0.3, 0.4) is 0 Å². The highest BCUT2D eigenvalue weighted by Gasteiger charge is 2.30. The average Bonchev–Trinajstić information content (AvgIpc) is 2.42. The zero-order chi connectivity index (χ0) is 16.6. The van der Waals surface area contributed by atoms with Gasteiger partial charge in [-0.25, -0.2) is 4.99 Å². The second kappa shape index (κ2) is 8.32. The lowest BCUT2D eigenvalue weighted by Gasteiger charge is -2.13. The van der Waals surface area contributed by atoms with Gasteiger partial charge in [0, 0.05) is 18.2 Å². The lowest BCUT2D eigenvalue weighted by molar-refractivity contribution is -0.137. The molecule has 0 saturated carbocycles. The van der Waals surface area contributed by atoms with E-state index >= 15 is 0 Å². The Morgan fingerprint density at radius 2 is 2.05 bits per heavy atom. The molecule has 0 atom stereocenters. The Balaban J connectivity index is 2.74. The van der Waals surface area contributed by atoms with Gasteiger partial charge in [0.15, 0.2) is 5.96 Å². The Morgan fingerprint density at radius 1 is 1.32 bits per heavy atom. The lowest BCUT2D eigenvalue weighted by Crippen LogP contribution is -2.41. The van der Waals surface area contributed by atoms with E-state index in [4.69, 9.17) is 0 Å². The van der Waals surface area contributed by atoms with Crippen molar-refractivity contribution in [3.63, 3.8) is 0 Å². The van der Waals surface area contributed by atoms with Crippen LogP contribution in [-0.2, 0) is 6.18 Å². The summed E-state index contributed by atoms with van der Waals surface area (Å²) in [6.45, 7) is 6.85. The number of rotatable bonds is 3. The molecule has 0 aliphatic rings. The third-order valence-corrected chi connectivity index (χ3v) is 2.51. The molecule has 2 N–H and O–H groups in total. The summed E-state index contributed by atoms with van der Waals surface area (Å²) in [4.78, 5) is 4.24. The van der Waals surface area contributed by atoms with E-state index in [1.54, 1.807) is 6.07 Å². The molecule has 3 nitrogen and oxygen atoms in total. The van der Waals surface area contributed by atoms with Crippen LogP contribution in [-0.4, -0.2) is 25.1 Å². The summed E-state index contributed by atoms with van der Waals surface area (Å²) in [5, 5.41) is 6.19. The molecule has 22 heavy (non-hydrogen) atoms. The molecule has 0 aromatic heterocycles. The van der Waals surface area contributed by atoms with Crippen LogP contribution >= 0.6 is 0 Å². The van der Waals surface area contributed by atoms with Crippen LogP contribution in [0.2, 0.25) is 0 Å². The molecule has 0 aliphatic carbocycles. The van der Waals surface area contributed by atoms with Crippen LogP contribution in [0, 0.1) is 11.8 Å². The summed E-state index contributed by atoms with van der Waals surface area (Å²) >= 11 is 0. The summed E-state index contributed by atoms with van der Waals surface area (Å²) in [5.41, 5.74) is -0.371. The van der Waals surface area contributed by atoms with Crippen LogP contribution < -0.4 is 10.6 Å². The van der Waals surface area contributed by atoms with Crippen molar-refractivity contribution in [1.29, 1.82) is 0 Å². The Labute approximate surface area is 129 Å². The maximum atomic E-state index is 12.6. The molecule has 0 bridgehead atoms. The monoisotopic (exact) mass is 311 g/mol. The lowest BCUT2D eigenvalue weighted by atomic mass is 10.1. The van der Waals surface area contributed by atoms with Crippen molar-refractivity contribution in [2.75, 3.05) is 13.1 Å². The van der Waals surface area contributed by atoms with E-state index in [9.17, 15) is 13.2 Å². The van der Waals surface area contributed by atoms with Gasteiger partial charge in [-0.3, -0.25) is 0 Å². The molecule has 0 aliphatic heterocycles. The Bertz CT molecular complexity index is 566. The predicted molar refractivity (Wildman–Crippen MR) is 82.6 cm³/mol. The van der Waals surface area contributed by atoms with Crippen molar-refractivity contribution >= 4 is 5.96 Å². The highest BCUT2D eigenvalue weighted by atomic mass is 19.4. The largest absolute Gasteiger partial charge is 0.416 e. The zero-order valence-electron chi connectivity index (χ0n) is 12.9. The summed E-state index contributed by atoms with van der Waals surface area (Å²) < 4.78 is 37.7. The summed E-state index contributed by atoms with van der Waals surface area (Å²) in [7, 11) is 0. The highest BCUT2D eigenvalue weighted by molar-refractivity contribution is 5.80. The summed E-state index contributed by atoms with van der Waals surface area (Å²) in [6, 6.07) is 5.19. The van der Waals surface area contributed by atoms with Gasteiger partial charge in [0.25, 0.3) is 0 Å². The molecule has 1 aromatic carbocycles. The van der Waals surface area contributed by atoms with E-state index in [1.165, 1.54) is 6.07 Å². The Morgan fingerprint density at radius 3 is 2.64 bits per heavy atom. The molecule has 1 aromatic rings. The van der Waals surface area contributed by atoms with Gasteiger partial charge in [-0.1, -0.05) is 17.9 Å². The summed E-state index contributed by atoms with van der Waals surface area (Å²) in [5.74, 6) is 6.09. The van der Waals surface area contributed by atoms with Crippen LogP contribution in [0.15, 0.2) is 29.3 Å². The maximum absolute atomic E-state index is 12.6. The van der Waals surface area contributed by atoms with Gasteiger partial charge in [-0.05, 0) is 39.0 Å². The molecule has 1 rings (SSSR count). The fraction of sp³-hybridized carbons (Fsp3) is 0.438. The maximum Gasteiger partial charge on any atom is 0.416 e. The molecule has 0 heterocycles. The molecular weight excluding hydrogens is 291 g/mol. The fourth-order valence-electron chi connectivity index (χ4n) is 1.63. The summed E-state index contributed by atoms with van der Waals surface area (Å²) in [6.07, 6.45) is -4.35. The van der Waals surface area contributed by atoms with E-state index in [1.807, 2.05) is 20.8 Å². The first kappa shape index (κ1) is 17.9. The number of hydrogen-bond acceptors (Lipinski definition) is 1. The first-order chi connectivity index (χ1) is 10.3. The number of alkyl halides is 3. The number of halogens is 3. The van der Waals surface area contributed by atoms with Crippen molar-refractivity contribution in [2.24, 2.45) is 4.99 Å². The number of nitrogens with zero attached hydrogens (tertiary/aromatic N) is 1. The second-order valence-electron chi connectivity index (χ2n) is 4.87. The normalized spacial score (nSPS) is 11.9. The van der Waals surface area contributed by atoms with Gasteiger partial charge in [-0.2, -0.15) is 13.2 Å². The molecule has 0 amide bonds. The quantitative estimate of drug-likeness (QED) is 0.511. The topological polar surface area (TPSA) is 36.4 Å². The van der Waals surface area contributed by atoms with Crippen LogP contribution in [0.25, 0.3) is 0 Å². The molecule has 0 spiro atoms. The number of guanidine groups is 1. The Kier molecular flexibility index (Phi) is 6.77. The standard InChI is InChI=1S/C16H20F3N3/c1-4-20-15(22-12(2)3)21-10-6-8-13-7-5-9-14(11-13)16(17,18)19/h5,7,9,11-12H,4,10H2,1-3H3,(H2,20,21,22). The van der Waals surface area contributed by atoms with Crippen LogP contribution in [0.4, 0.5) is 13.2 Å². The molecule has 120 valence electrons. The molecule has 0 unspecified atom stereocenters. The van der Waals surface area contributed by atoms with Crippen molar-refractivity contribution < 1.29 is 13.2 Å². The smallest absolute Gasteiger partial charge is 0.357 e. The number of aliphatic imine (C=N–C) groups is 1. The van der Waals surface area contributed by atoms with Gasteiger partial charge < -0.3 is 10.6 Å². The predicted octanol–water partition coefficient (Wildman–Crippen LogP) is 3.02. The van der Waals surface area contributed by atoms with Gasteiger partial charge in [-0.15, -0.1) is 0 Å². The fourth-order valence-corrected chi connectivity index (χ4v) is 1.63. The van der Waals surface area contributed by atoms with Gasteiger partial charge >= 0.3 is 6.18 Å². The highest BCUT2D eigenvalue weighted by Crippen LogP contribution is 2.29. The first-order valence-corrected chi connectivity index (χ1v) is 7.04. The van der Waals surface area contributed by atoms with Crippen LogP contribution in [0.1, 0.15) is 31.9 Å². The molecule has 0 radical (unpaired) electrons. The number of benzene rings is 1. The van der Waals surface area contributed by atoms with Gasteiger partial charge in [0.1, 0.15) is 6.54 Å². The van der Waals surface area contributed by atoms with Crippen molar-refractivity contribution in [3.8, 4) is 11.8 Å². The van der Waals surface area contributed by atoms with Crippen molar-refractivity contribution in [1.82, 2.24) is 10.6 Å². The van der Waals surface area contributed by atoms with E-state index in [-0.39, 0.29) is 12.6 Å². The minimum atomic E-state index is -4.35. The van der Waals surface area contributed by atoms with Crippen molar-refractivity contribution in [3.05, 3.63) is 35.4 Å². The van der Waals surface area contributed by atoms with Crippen molar-refractivity contribution in [2.45, 2.75) is 33.0 Å². The third kappa shape index (κ3) is 6.53. The van der Waals surface area contributed by atoms with E-state index in [0.29, 0.717) is 11.5 Å². The molecule has 6 heteroatoms. The zero-order valence-corrected chi connectivity index (χ0v) is 12.9. The minimum Gasteiger partial charge on any atom is -0.357 e. The van der Waals surface area contributed by atoms with E-state index in [0.717, 1.165) is 18.7 Å². The third-order valence-electron chi connectivity index (χ3n) is 2.51. The first-order valence-electron chi connectivity index (χ1n) is 7.04. The van der Waals surface area contributed by atoms with Gasteiger partial charge in [0.2, 0.25) is 0 Å². The molecule has 0 saturated heterocycles. The molecule has 0 fully saturated rings. The Hall–Kier alpha value is -2.16. The van der Waals surface area contributed by atoms with Crippen LogP contribution in [0.5, 0.6) is 0 Å². The number of hydrogen-bond donors (Lipinski definition) is 2. The molecular formula is C16H20F3N3. The average molecular weight is 311 g/mol. The number of nitrogens with one attached hydrogen (secondary N) is 2.